The average Bonchev–Trinajstić information content (AvgIpc) is 3.34. The third kappa shape index (κ3) is 3.31. The van der Waals surface area contributed by atoms with Crippen molar-refractivity contribution in [3.05, 3.63) is 27.3 Å². The van der Waals surface area contributed by atoms with Gasteiger partial charge in [0.05, 0.1) is 5.39 Å². The molecule has 1 atom stereocenters. The van der Waals surface area contributed by atoms with Crippen LogP contribution < -0.4 is 10.6 Å². The highest BCUT2D eigenvalue weighted by atomic mass is 32.1. The lowest BCUT2D eigenvalue weighted by Gasteiger charge is -2.34. The number of hydrogen-bond acceptors (Lipinski definition) is 6. The van der Waals surface area contributed by atoms with Crippen LogP contribution in [0.1, 0.15) is 42.5 Å². The van der Waals surface area contributed by atoms with Gasteiger partial charge in [0.1, 0.15) is 10.6 Å². The van der Waals surface area contributed by atoms with E-state index in [0.29, 0.717) is 12.3 Å². The van der Waals surface area contributed by atoms with Crippen molar-refractivity contribution >= 4 is 44.6 Å². The summed E-state index contributed by atoms with van der Waals surface area (Å²) in [6.45, 7) is 1.83. The lowest BCUT2D eigenvalue weighted by Crippen LogP contribution is -2.37. The molecule has 1 aliphatic heterocycles. The second kappa shape index (κ2) is 7.44. The predicted molar refractivity (Wildman–Crippen MR) is 116 cm³/mol. The Labute approximate surface area is 172 Å². The summed E-state index contributed by atoms with van der Waals surface area (Å²) in [5.74, 6) is 2.00. The third-order valence-electron chi connectivity index (χ3n) is 5.88. The summed E-state index contributed by atoms with van der Waals surface area (Å²) in [6.07, 6.45) is 7.40. The highest BCUT2D eigenvalue weighted by Gasteiger charge is 2.28. The largest absolute Gasteiger partial charge is 0.370 e. The number of fused-ring (bicyclic) bond motifs is 3. The van der Waals surface area contributed by atoms with E-state index in [1.165, 1.54) is 28.7 Å². The standard InChI is InChI=1S/C21H24N4OS2/c22-17(26)10-13-4-3-8-25(11-13)20-18-15-5-1-2-6-16(15)28-21(18)24-19(23-20)14-7-9-27-12-14/h7,9,12-13H,1-6,8,10-11H2,(H2,22,26). The van der Waals surface area contributed by atoms with E-state index in [2.05, 4.69) is 21.7 Å². The normalized spacial score (nSPS) is 19.7. The van der Waals surface area contributed by atoms with Crippen LogP contribution in [0, 0.1) is 5.92 Å². The molecule has 1 saturated heterocycles. The van der Waals surface area contributed by atoms with E-state index in [4.69, 9.17) is 15.7 Å². The number of thiophene rings is 2. The number of aromatic nitrogens is 2. The molecule has 0 spiro atoms. The molecule has 2 N–H and O–H groups in total. The Balaban J connectivity index is 1.63. The number of primary amides is 1. The van der Waals surface area contributed by atoms with E-state index >= 15 is 0 Å². The third-order valence-corrected chi connectivity index (χ3v) is 7.75. The van der Waals surface area contributed by atoms with Crippen LogP contribution in [-0.4, -0.2) is 29.0 Å². The van der Waals surface area contributed by atoms with Gasteiger partial charge >= 0.3 is 0 Å². The molecule has 5 nitrogen and oxygen atoms in total. The van der Waals surface area contributed by atoms with Gasteiger partial charge in [0.25, 0.3) is 0 Å². The quantitative estimate of drug-likeness (QED) is 0.690. The maximum absolute atomic E-state index is 11.5. The first-order valence-electron chi connectivity index (χ1n) is 10.1. The van der Waals surface area contributed by atoms with Crippen molar-refractivity contribution in [2.75, 3.05) is 18.0 Å². The highest BCUT2D eigenvalue weighted by Crippen LogP contribution is 2.41. The molecule has 7 heteroatoms. The SMILES string of the molecule is NC(=O)CC1CCCN(c2nc(-c3ccsc3)nc3sc4c(c23)CCCC4)C1. The first-order chi connectivity index (χ1) is 13.7. The van der Waals surface area contributed by atoms with Crippen LogP contribution >= 0.6 is 22.7 Å². The van der Waals surface area contributed by atoms with Gasteiger partial charge in [0, 0.05) is 35.3 Å². The van der Waals surface area contributed by atoms with Gasteiger partial charge in [0.15, 0.2) is 5.82 Å². The van der Waals surface area contributed by atoms with Gasteiger partial charge in [-0.3, -0.25) is 4.79 Å². The summed E-state index contributed by atoms with van der Waals surface area (Å²) in [4.78, 5) is 26.5. The molecule has 3 aromatic heterocycles. The molecule has 4 heterocycles. The number of aryl methyl sites for hydroxylation is 2. The molecule has 0 bridgehead atoms. The molecule has 0 aromatic carbocycles. The molecule has 1 unspecified atom stereocenters. The zero-order valence-electron chi connectivity index (χ0n) is 15.8. The molecule has 0 radical (unpaired) electrons. The van der Waals surface area contributed by atoms with Crippen molar-refractivity contribution in [3.8, 4) is 11.4 Å². The highest BCUT2D eigenvalue weighted by molar-refractivity contribution is 7.19. The number of anilines is 1. The molecular weight excluding hydrogens is 388 g/mol. The van der Waals surface area contributed by atoms with Gasteiger partial charge in [-0.1, -0.05) is 0 Å². The summed E-state index contributed by atoms with van der Waals surface area (Å²) in [5, 5.41) is 5.45. The molecule has 3 aromatic rings. The minimum absolute atomic E-state index is 0.202. The Bertz CT molecular complexity index is 1010. The fourth-order valence-corrected chi connectivity index (χ4v) is 6.49. The number of carbonyl (C=O) groups excluding carboxylic acids is 1. The Kier molecular flexibility index (Phi) is 4.80. The summed E-state index contributed by atoms with van der Waals surface area (Å²) in [5.41, 5.74) is 8.04. The zero-order valence-corrected chi connectivity index (χ0v) is 17.5. The molecular formula is C21H24N4OS2. The van der Waals surface area contributed by atoms with Crippen molar-refractivity contribution in [1.82, 2.24) is 9.97 Å². The molecule has 1 aliphatic carbocycles. The minimum atomic E-state index is -0.202. The maximum atomic E-state index is 11.5. The van der Waals surface area contributed by atoms with E-state index in [1.807, 2.05) is 11.3 Å². The predicted octanol–water partition coefficient (Wildman–Crippen LogP) is 4.39. The van der Waals surface area contributed by atoms with Gasteiger partial charge in [-0.15, -0.1) is 11.3 Å². The maximum Gasteiger partial charge on any atom is 0.217 e. The second-order valence-electron chi connectivity index (χ2n) is 7.90. The van der Waals surface area contributed by atoms with Crippen LogP contribution in [0.25, 0.3) is 21.6 Å². The Morgan fingerprint density at radius 3 is 2.96 bits per heavy atom. The minimum Gasteiger partial charge on any atom is -0.370 e. The molecule has 2 aliphatic rings. The monoisotopic (exact) mass is 412 g/mol. The number of nitrogens with zero attached hydrogens (tertiary/aromatic N) is 3. The van der Waals surface area contributed by atoms with E-state index in [1.54, 1.807) is 11.3 Å². The van der Waals surface area contributed by atoms with Crippen molar-refractivity contribution < 1.29 is 4.79 Å². The first kappa shape index (κ1) is 18.1. The fraction of sp³-hybridized carbons (Fsp3) is 0.476. The summed E-state index contributed by atoms with van der Waals surface area (Å²) in [7, 11) is 0. The van der Waals surface area contributed by atoms with E-state index in [9.17, 15) is 4.79 Å². The van der Waals surface area contributed by atoms with Crippen molar-refractivity contribution in [1.29, 1.82) is 0 Å². The molecule has 1 amide bonds. The zero-order chi connectivity index (χ0) is 19.1. The number of carbonyl (C=O) groups is 1. The van der Waals surface area contributed by atoms with E-state index < -0.39 is 0 Å². The van der Waals surface area contributed by atoms with Gasteiger partial charge in [-0.05, 0) is 61.5 Å². The Hall–Kier alpha value is -1.99. The van der Waals surface area contributed by atoms with Gasteiger partial charge < -0.3 is 10.6 Å². The topological polar surface area (TPSA) is 72.1 Å². The number of amides is 1. The molecule has 146 valence electrons. The second-order valence-corrected chi connectivity index (χ2v) is 9.76. The molecule has 0 saturated carbocycles. The van der Waals surface area contributed by atoms with Crippen LogP contribution in [0.5, 0.6) is 0 Å². The lowest BCUT2D eigenvalue weighted by atomic mass is 9.93. The summed E-state index contributed by atoms with van der Waals surface area (Å²) in [6, 6.07) is 2.09. The van der Waals surface area contributed by atoms with Crippen LogP contribution in [0.15, 0.2) is 16.8 Å². The van der Waals surface area contributed by atoms with Crippen LogP contribution in [0.3, 0.4) is 0 Å². The number of hydrogen-bond donors (Lipinski definition) is 1. The number of nitrogens with two attached hydrogens (primary N) is 1. The van der Waals surface area contributed by atoms with Crippen LogP contribution in [0.4, 0.5) is 5.82 Å². The van der Waals surface area contributed by atoms with Crippen LogP contribution in [0.2, 0.25) is 0 Å². The van der Waals surface area contributed by atoms with Crippen molar-refractivity contribution in [2.24, 2.45) is 11.7 Å². The van der Waals surface area contributed by atoms with E-state index in [-0.39, 0.29) is 5.91 Å². The van der Waals surface area contributed by atoms with E-state index in [0.717, 1.165) is 60.8 Å². The average molecular weight is 413 g/mol. The van der Waals surface area contributed by atoms with Crippen molar-refractivity contribution in [2.45, 2.75) is 44.9 Å². The Morgan fingerprint density at radius 1 is 1.25 bits per heavy atom. The summed E-state index contributed by atoms with van der Waals surface area (Å²) < 4.78 is 0. The first-order valence-corrected chi connectivity index (χ1v) is 11.8. The smallest absolute Gasteiger partial charge is 0.217 e. The Morgan fingerprint density at radius 2 is 2.14 bits per heavy atom. The van der Waals surface area contributed by atoms with Crippen molar-refractivity contribution in [3.63, 3.8) is 0 Å². The number of piperidine rings is 1. The molecule has 1 fully saturated rings. The van der Waals surface area contributed by atoms with Gasteiger partial charge in [0.2, 0.25) is 5.91 Å². The van der Waals surface area contributed by atoms with Gasteiger partial charge in [-0.2, -0.15) is 11.3 Å². The lowest BCUT2D eigenvalue weighted by molar-refractivity contribution is -0.118. The molecule has 5 rings (SSSR count). The summed E-state index contributed by atoms with van der Waals surface area (Å²) >= 11 is 3.53. The van der Waals surface area contributed by atoms with Crippen LogP contribution in [-0.2, 0) is 17.6 Å². The molecule has 28 heavy (non-hydrogen) atoms. The fourth-order valence-electron chi connectivity index (χ4n) is 4.60. The number of rotatable bonds is 4. The van der Waals surface area contributed by atoms with Gasteiger partial charge in [-0.25, -0.2) is 9.97 Å².